The van der Waals surface area contributed by atoms with Crippen LogP contribution in [0.15, 0.2) is 65.7 Å². The van der Waals surface area contributed by atoms with Gasteiger partial charge in [-0.3, -0.25) is 14.9 Å². The highest BCUT2D eigenvalue weighted by Gasteiger charge is 2.21. The van der Waals surface area contributed by atoms with Crippen LogP contribution in [0.5, 0.6) is 0 Å². The Labute approximate surface area is 146 Å². The summed E-state index contributed by atoms with van der Waals surface area (Å²) in [5.74, 6) is 0.304. The van der Waals surface area contributed by atoms with Gasteiger partial charge in [0.1, 0.15) is 0 Å². The van der Waals surface area contributed by atoms with Crippen LogP contribution in [0.3, 0.4) is 0 Å². The molecular weight excluding hydrogens is 316 g/mol. The highest BCUT2D eigenvalue weighted by atomic mass is 16.2. The summed E-state index contributed by atoms with van der Waals surface area (Å²) < 4.78 is 0. The molecule has 6 nitrogen and oxygen atoms in total. The third-order valence-electron chi connectivity index (χ3n) is 4.02. The lowest BCUT2D eigenvalue weighted by Gasteiger charge is -2.34. The minimum Gasteiger partial charge on any atom is -0.342 e. The van der Waals surface area contributed by atoms with Gasteiger partial charge < -0.3 is 9.80 Å². The lowest BCUT2D eigenvalue weighted by atomic mass is 10.2. The summed E-state index contributed by atoms with van der Waals surface area (Å²) in [5.41, 5.74) is 1.35. The van der Waals surface area contributed by atoms with E-state index in [9.17, 15) is 9.59 Å². The second-order valence-corrected chi connectivity index (χ2v) is 5.72. The molecule has 0 saturated carbocycles. The Bertz CT molecular complexity index is 739. The van der Waals surface area contributed by atoms with Crippen molar-refractivity contribution in [2.24, 2.45) is 4.99 Å². The van der Waals surface area contributed by atoms with Crippen LogP contribution in [-0.2, 0) is 4.79 Å². The maximum Gasteiger partial charge on any atom is 0.257 e. The molecule has 2 aromatic carbocycles. The number of para-hydroxylation sites is 1. The van der Waals surface area contributed by atoms with Crippen molar-refractivity contribution in [1.82, 2.24) is 15.1 Å². The first kappa shape index (κ1) is 16.7. The highest BCUT2D eigenvalue weighted by molar-refractivity contribution is 6.06. The van der Waals surface area contributed by atoms with Gasteiger partial charge in [-0.15, -0.1) is 0 Å². The number of nitrogens with zero attached hydrogens (tertiary/aromatic N) is 3. The molecule has 6 heteroatoms. The van der Waals surface area contributed by atoms with Gasteiger partial charge in [0.05, 0.1) is 5.69 Å². The number of aliphatic imine (C=N–C) groups is 1. The molecule has 1 N–H and O–H groups in total. The average molecular weight is 336 g/mol. The summed E-state index contributed by atoms with van der Waals surface area (Å²) in [6.45, 7) is 2.47. The first-order chi connectivity index (χ1) is 12.3. The van der Waals surface area contributed by atoms with Crippen molar-refractivity contribution in [1.29, 1.82) is 0 Å². The maximum atomic E-state index is 12.5. The predicted octanol–water partition coefficient (Wildman–Crippen LogP) is 1.88. The van der Waals surface area contributed by atoms with Crippen LogP contribution >= 0.6 is 0 Å². The molecule has 1 heterocycles. The topological polar surface area (TPSA) is 65.0 Å². The molecule has 3 rings (SSSR count). The van der Waals surface area contributed by atoms with Crippen LogP contribution < -0.4 is 5.32 Å². The fourth-order valence-electron chi connectivity index (χ4n) is 2.60. The van der Waals surface area contributed by atoms with Crippen LogP contribution in [0.4, 0.5) is 5.69 Å². The van der Waals surface area contributed by atoms with Crippen molar-refractivity contribution >= 4 is 24.0 Å². The standard InChI is InChI=1S/C19H20N4O2/c24-15-22-11-13-23(14-12-22)19(20-17-9-5-2-6-10-17)21-18(25)16-7-3-1-4-8-16/h1-10,15H,11-14H2,(H,20,21,25). The average Bonchev–Trinajstić information content (AvgIpc) is 2.69. The Morgan fingerprint density at radius 2 is 1.52 bits per heavy atom. The second-order valence-electron chi connectivity index (χ2n) is 5.72. The number of carbonyl (C=O) groups excluding carboxylic acids is 2. The predicted molar refractivity (Wildman–Crippen MR) is 96.7 cm³/mol. The Hall–Kier alpha value is -3.15. The number of benzene rings is 2. The number of guanidine groups is 1. The number of piperazine rings is 1. The van der Waals surface area contributed by atoms with Crippen LogP contribution in [0, 0.1) is 0 Å². The Morgan fingerprint density at radius 3 is 2.12 bits per heavy atom. The van der Waals surface area contributed by atoms with Crippen molar-refractivity contribution in [3.05, 3.63) is 66.2 Å². The number of rotatable bonds is 3. The fourth-order valence-corrected chi connectivity index (χ4v) is 2.60. The van der Waals surface area contributed by atoms with Crippen LogP contribution in [0.2, 0.25) is 0 Å². The van der Waals surface area contributed by atoms with Gasteiger partial charge >= 0.3 is 0 Å². The van der Waals surface area contributed by atoms with E-state index in [1.165, 1.54) is 0 Å². The molecule has 2 aromatic rings. The molecule has 2 amide bonds. The van der Waals surface area contributed by atoms with Crippen molar-refractivity contribution in [2.45, 2.75) is 0 Å². The summed E-state index contributed by atoms with van der Waals surface area (Å²) in [6, 6.07) is 18.5. The van der Waals surface area contributed by atoms with Gasteiger partial charge in [0.25, 0.3) is 5.91 Å². The molecule has 0 spiro atoms. The Balaban J connectivity index is 1.81. The van der Waals surface area contributed by atoms with Crippen molar-refractivity contribution in [2.75, 3.05) is 26.2 Å². The van der Waals surface area contributed by atoms with E-state index in [1.54, 1.807) is 17.0 Å². The molecular formula is C19H20N4O2. The lowest BCUT2D eigenvalue weighted by molar-refractivity contribution is -0.119. The van der Waals surface area contributed by atoms with E-state index < -0.39 is 0 Å². The van der Waals surface area contributed by atoms with Crippen LogP contribution in [0.25, 0.3) is 0 Å². The number of carbonyl (C=O) groups is 2. The quantitative estimate of drug-likeness (QED) is 0.529. The summed E-state index contributed by atoms with van der Waals surface area (Å²) in [5, 5.41) is 2.91. The molecule has 1 saturated heterocycles. The van der Waals surface area contributed by atoms with Gasteiger partial charge in [-0.25, -0.2) is 4.99 Å². The monoisotopic (exact) mass is 336 g/mol. The third kappa shape index (κ3) is 4.44. The van der Waals surface area contributed by atoms with E-state index in [4.69, 9.17) is 0 Å². The first-order valence-corrected chi connectivity index (χ1v) is 8.21. The van der Waals surface area contributed by atoms with Crippen LogP contribution in [0.1, 0.15) is 10.4 Å². The van der Waals surface area contributed by atoms with Crippen LogP contribution in [-0.4, -0.2) is 54.3 Å². The van der Waals surface area contributed by atoms with Gasteiger partial charge in [-0.2, -0.15) is 0 Å². The van der Waals surface area contributed by atoms with Crippen molar-refractivity contribution < 1.29 is 9.59 Å². The van der Waals surface area contributed by atoms with Crippen molar-refractivity contribution in [3.63, 3.8) is 0 Å². The van der Waals surface area contributed by atoms with E-state index >= 15 is 0 Å². The molecule has 128 valence electrons. The fraction of sp³-hybridized carbons (Fsp3) is 0.211. The molecule has 0 radical (unpaired) electrons. The molecule has 0 aliphatic carbocycles. The van der Waals surface area contributed by atoms with Gasteiger partial charge in [0.15, 0.2) is 0 Å². The summed E-state index contributed by atoms with van der Waals surface area (Å²) in [4.78, 5) is 31.7. The van der Waals surface area contributed by atoms with E-state index in [2.05, 4.69) is 10.3 Å². The largest absolute Gasteiger partial charge is 0.342 e. The number of amides is 2. The normalized spacial score (nSPS) is 15.0. The lowest BCUT2D eigenvalue weighted by Crippen LogP contribution is -2.53. The molecule has 1 aliphatic rings. The van der Waals surface area contributed by atoms with E-state index in [0.29, 0.717) is 37.7 Å². The smallest absolute Gasteiger partial charge is 0.257 e. The second kappa shape index (κ2) is 8.10. The number of hydrogen-bond donors (Lipinski definition) is 1. The van der Waals surface area contributed by atoms with Crippen molar-refractivity contribution in [3.8, 4) is 0 Å². The van der Waals surface area contributed by atoms with Gasteiger partial charge in [0, 0.05) is 31.7 Å². The number of hydrogen-bond acceptors (Lipinski definition) is 3. The zero-order valence-electron chi connectivity index (χ0n) is 13.8. The van der Waals surface area contributed by atoms with E-state index in [1.807, 2.05) is 53.4 Å². The van der Waals surface area contributed by atoms with Gasteiger partial charge in [0.2, 0.25) is 12.4 Å². The molecule has 0 aromatic heterocycles. The van der Waals surface area contributed by atoms with Gasteiger partial charge in [-0.1, -0.05) is 36.4 Å². The Morgan fingerprint density at radius 1 is 0.920 bits per heavy atom. The SMILES string of the molecule is O=CN1CCN(C(=Nc2ccccc2)NC(=O)c2ccccc2)CC1. The summed E-state index contributed by atoms with van der Waals surface area (Å²) in [7, 11) is 0. The maximum absolute atomic E-state index is 12.5. The number of nitrogens with one attached hydrogen (secondary N) is 1. The zero-order valence-corrected chi connectivity index (χ0v) is 13.8. The highest BCUT2D eigenvalue weighted by Crippen LogP contribution is 2.12. The Kier molecular flexibility index (Phi) is 5.41. The summed E-state index contributed by atoms with van der Waals surface area (Å²) >= 11 is 0. The molecule has 0 bridgehead atoms. The molecule has 25 heavy (non-hydrogen) atoms. The van der Waals surface area contributed by atoms with E-state index in [-0.39, 0.29) is 5.91 Å². The van der Waals surface area contributed by atoms with Gasteiger partial charge in [-0.05, 0) is 24.3 Å². The first-order valence-electron chi connectivity index (χ1n) is 8.21. The molecule has 1 fully saturated rings. The summed E-state index contributed by atoms with van der Waals surface area (Å²) in [6.07, 6.45) is 0.855. The molecule has 0 atom stereocenters. The molecule has 0 unspecified atom stereocenters. The molecule has 1 aliphatic heterocycles. The zero-order chi connectivity index (χ0) is 17.5. The van der Waals surface area contributed by atoms with E-state index in [0.717, 1.165) is 12.1 Å². The minimum atomic E-state index is -0.201. The minimum absolute atomic E-state index is 0.201. The third-order valence-corrected chi connectivity index (χ3v) is 4.02.